The number of hydrogen-bond acceptors (Lipinski definition) is 2. The van der Waals surface area contributed by atoms with Gasteiger partial charge in [0.2, 0.25) is 0 Å². The standard InChI is InChI=1S/C18H22BrNO/c1-2-9-20-12-15-5-3-6-16(10-15)13-21-14-17-7-4-8-18(19)11-17/h3-8,10-11,20H,2,9,12-14H2,1H3. The van der Waals surface area contributed by atoms with Crippen LogP contribution in [0.4, 0.5) is 0 Å². The third-order valence-electron chi connectivity index (χ3n) is 3.17. The van der Waals surface area contributed by atoms with Crippen molar-refractivity contribution in [1.82, 2.24) is 5.32 Å². The Balaban J connectivity index is 1.81. The largest absolute Gasteiger partial charge is 0.372 e. The molecular formula is C18H22BrNO. The summed E-state index contributed by atoms with van der Waals surface area (Å²) in [6, 6.07) is 16.8. The van der Waals surface area contributed by atoms with E-state index in [1.54, 1.807) is 0 Å². The van der Waals surface area contributed by atoms with Crippen molar-refractivity contribution in [2.75, 3.05) is 6.54 Å². The summed E-state index contributed by atoms with van der Waals surface area (Å²) in [6.45, 7) is 5.45. The van der Waals surface area contributed by atoms with Gasteiger partial charge < -0.3 is 10.1 Å². The monoisotopic (exact) mass is 347 g/mol. The van der Waals surface area contributed by atoms with Gasteiger partial charge in [-0.3, -0.25) is 0 Å². The second-order valence-electron chi connectivity index (χ2n) is 5.12. The fourth-order valence-corrected chi connectivity index (χ4v) is 2.60. The quantitative estimate of drug-likeness (QED) is 0.701. The first-order chi connectivity index (χ1) is 10.3. The van der Waals surface area contributed by atoms with E-state index in [2.05, 4.69) is 64.6 Å². The van der Waals surface area contributed by atoms with Gasteiger partial charge in [0.1, 0.15) is 0 Å². The van der Waals surface area contributed by atoms with Crippen molar-refractivity contribution in [3.8, 4) is 0 Å². The molecule has 0 aliphatic carbocycles. The third kappa shape index (κ3) is 6.00. The predicted molar refractivity (Wildman–Crippen MR) is 91.1 cm³/mol. The molecule has 0 saturated carbocycles. The SMILES string of the molecule is CCCNCc1cccc(COCc2cccc(Br)c2)c1. The van der Waals surface area contributed by atoms with Crippen LogP contribution in [-0.2, 0) is 24.5 Å². The second-order valence-corrected chi connectivity index (χ2v) is 6.04. The molecule has 3 heteroatoms. The number of rotatable bonds is 8. The highest BCUT2D eigenvalue weighted by Gasteiger charge is 1.98. The molecule has 2 aromatic carbocycles. The van der Waals surface area contributed by atoms with Gasteiger partial charge >= 0.3 is 0 Å². The lowest BCUT2D eigenvalue weighted by atomic mass is 10.1. The fourth-order valence-electron chi connectivity index (χ4n) is 2.15. The molecule has 2 aromatic rings. The van der Waals surface area contributed by atoms with Gasteiger partial charge in [0.05, 0.1) is 13.2 Å². The molecule has 21 heavy (non-hydrogen) atoms. The molecule has 0 aromatic heterocycles. The Morgan fingerprint density at radius 1 is 0.952 bits per heavy atom. The van der Waals surface area contributed by atoms with Gasteiger partial charge in [-0.15, -0.1) is 0 Å². The van der Waals surface area contributed by atoms with Crippen LogP contribution in [0, 0.1) is 0 Å². The molecule has 2 nitrogen and oxygen atoms in total. The van der Waals surface area contributed by atoms with Crippen molar-refractivity contribution in [3.63, 3.8) is 0 Å². The van der Waals surface area contributed by atoms with Gasteiger partial charge in [0.25, 0.3) is 0 Å². The normalized spacial score (nSPS) is 10.8. The minimum absolute atomic E-state index is 0.637. The highest BCUT2D eigenvalue weighted by Crippen LogP contribution is 2.13. The number of nitrogens with one attached hydrogen (secondary N) is 1. The van der Waals surface area contributed by atoms with E-state index in [1.807, 2.05) is 12.1 Å². The summed E-state index contributed by atoms with van der Waals surface area (Å²) in [4.78, 5) is 0. The van der Waals surface area contributed by atoms with E-state index in [-0.39, 0.29) is 0 Å². The van der Waals surface area contributed by atoms with Crippen LogP contribution in [0.5, 0.6) is 0 Å². The van der Waals surface area contributed by atoms with Crippen LogP contribution in [0.25, 0.3) is 0 Å². The number of halogens is 1. The summed E-state index contributed by atoms with van der Waals surface area (Å²) in [5, 5.41) is 3.42. The summed E-state index contributed by atoms with van der Waals surface area (Å²) < 4.78 is 6.89. The maximum absolute atomic E-state index is 5.80. The van der Waals surface area contributed by atoms with Crippen molar-refractivity contribution in [2.45, 2.75) is 33.1 Å². The first-order valence-electron chi connectivity index (χ1n) is 7.38. The zero-order chi connectivity index (χ0) is 14.9. The molecular weight excluding hydrogens is 326 g/mol. The van der Waals surface area contributed by atoms with E-state index in [4.69, 9.17) is 4.74 Å². The molecule has 0 radical (unpaired) electrons. The van der Waals surface area contributed by atoms with Crippen LogP contribution in [-0.4, -0.2) is 6.54 Å². The molecule has 0 fully saturated rings. The maximum Gasteiger partial charge on any atom is 0.0721 e. The molecule has 112 valence electrons. The topological polar surface area (TPSA) is 21.3 Å². The van der Waals surface area contributed by atoms with Crippen LogP contribution in [0.1, 0.15) is 30.0 Å². The zero-order valence-electron chi connectivity index (χ0n) is 12.4. The summed E-state index contributed by atoms with van der Waals surface area (Å²) in [5.41, 5.74) is 3.72. The minimum Gasteiger partial charge on any atom is -0.372 e. The van der Waals surface area contributed by atoms with Crippen molar-refractivity contribution in [3.05, 3.63) is 69.7 Å². The third-order valence-corrected chi connectivity index (χ3v) is 3.67. The Labute approximate surface area is 135 Å². The molecule has 0 aliphatic rings. The number of hydrogen-bond donors (Lipinski definition) is 1. The summed E-state index contributed by atoms with van der Waals surface area (Å²) in [7, 11) is 0. The average Bonchev–Trinajstić information content (AvgIpc) is 2.48. The molecule has 0 atom stereocenters. The van der Waals surface area contributed by atoms with Crippen LogP contribution >= 0.6 is 15.9 Å². The van der Waals surface area contributed by atoms with E-state index in [0.29, 0.717) is 13.2 Å². The summed E-state index contributed by atoms with van der Waals surface area (Å²) >= 11 is 3.48. The van der Waals surface area contributed by atoms with Crippen molar-refractivity contribution < 1.29 is 4.74 Å². The highest BCUT2D eigenvalue weighted by molar-refractivity contribution is 9.10. The van der Waals surface area contributed by atoms with E-state index < -0.39 is 0 Å². The van der Waals surface area contributed by atoms with E-state index in [9.17, 15) is 0 Å². The minimum atomic E-state index is 0.637. The molecule has 2 rings (SSSR count). The van der Waals surface area contributed by atoms with Crippen molar-refractivity contribution in [1.29, 1.82) is 0 Å². The maximum atomic E-state index is 5.80. The molecule has 0 amide bonds. The first kappa shape index (κ1) is 16.2. The Kier molecular flexibility index (Phi) is 6.93. The van der Waals surface area contributed by atoms with Gasteiger partial charge in [-0.1, -0.05) is 59.3 Å². The van der Waals surface area contributed by atoms with Gasteiger partial charge in [0.15, 0.2) is 0 Å². The molecule has 0 heterocycles. The highest BCUT2D eigenvalue weighted by atomic mass is 79.9. The lowest BCUT2D eigenvalue weighted by Gasteiger charge is -2.08. The van der Waals surface area contributed by atoms with Gasteiger partial charge in [-0.25, -0.2) is 0 Å². The van der Waals surface area contributed by atoms with Crippen LogP contribution in [0.2, 0.25) is 0 Å². The fraction of sp³-hybridized carbons (Fsp3) is 0.333. The number of benzene rings is 2. The molecule has 0 unspecified atom stereocenters. The molecule has 1 N–H and O–H groups in total. The smallest absolute Gasteiger partial charge is 0.0721 e. The lowest BCUT2D eigenvalue weighted by molar-refractivity contribution is 0.107. The Morgan fingerprint density at radius 3 is 2.33 bits per heavy atom. The molecule has 0 bridgehead atoms. The lowest BCUT2D eigenvalue weighted by Crippen LogP contribution is -2.13. The summed E-state index contributed by atoms with van der Waals surface area (Å²) in [5.74, 6) is 0. The molecule has 0 spiro atoms. The van der Waals surface area contributed by atoms with Crippen LogP contribution < -0.4 is 5.32 Å². The second kappa shape index (κ2) is 8.98. The molecule has 0 saturated heterocycles. The average molecular weight is 348 g/mol. The zero-order valence-corrected chi connectivity index (χ0v) is 14.0. The predicted octanol–water partition coefficient (Wildman–Crippen LogP) is 4.67. The Bertz CT molecular complexity index is 556. The van der Waals surface area contributed by atoms with Gasteiger partial charge in [0, 0.05) is 11.0 Å². The van der Waals surface area contributed by atoms with E-state index in [1.165, 1.54) is 16.7 Å². The Morgan fingerprint density at radius 2 is 1.62 bits per heavy atom. The molecule has 0 aliphatic heterocycles. The van der Waals surface area contributed by atoms with Gasteiger partial charge in [-0.2, -0.15) is 0 Å². The van der Waals surface area contributed by atoms with E-state index >= 15 is 0 Å². The first-order valence-corrected chi connectivity index (χ1v) is 8.18. The van der Waals surface area contributed by atoms with E-state index in [0.717, 1.165) is 24.0 Å². The Hall–Kier alpha value is -1.16. The van der Waals surface area contributed by atoms with Crippen LogP contribution in [0.15, 0.2) is 53.0 Å². The number of ether oxygens (including phenoxy) is 1. The van der Waals surface area contributed by atoms with Crippen LogP contribution in [0.3, 0.4) is 0 Å². The van der Waals surface area contributed by atoms with Gasteiger partial charge in [-0.05, 0) is 41.8 Å². The van der Waals surface area contributed by atoms with Crippen molar-refractivity contribution >= 4 is 15.9 Å². The summed E-state index contributed by atoms with van der Waals surface area (Å²) in [6.07, 6.45) is 1.16. The van der Waals surface area contributed by atoms with Crippen molar-refractivity contribution in [2.24, 2.45) is 0 Å².